The maximum atomic E-state index is 10.3. The molecule has 1 aromatic carbocycles. The average molecular weight is 209 g/mol. The summed E-state index contributed by atoms with van der Waals surface area (Å²) >= 11 is 5.91. The molecule has 74 valence electrons. The van der Waals surface area contributed by atoms with E-state index >= 15 is 0 Å². The Morgan fingerprint density at radius 3 is 2.86 bits per heavy atom. The van der Waals surface area contributed by atoms with Crippen molar-refractivity contribution in [1.82, 2.24) is 0 Å². The number of aldehydes is 1. The van der Waals surface area contributed by atoms with Gasteiger partial charge in [-0.1, -0.05) is 23.7 Å². The molecule has 2 heteroatoms. The molecule has 1 aromatic rings. The Morgan fingerprint density at radius 2 is 2.21 bits per heavy atom. The summed E-state index contributed by atoms with van der Waals surface area (Å²) in [5.74, 6) is 1.23. The highest BCUT2D eigenvalue weighted by molar-refractivity contribution is 6.30. The van der Waals surface area contributed by atoms with E-state index < -0.39 is 0 Å². The number of benzene rings is 1. The molecule has 0 atom stereocenters. The Morgan fingerprint density at radius 1 is 1.43 bits per heavy atom. The number of rotatable bonds is 3. The van der Waals surface area contributed by atoms with E-state index in [1.165, 1.54) is 5.56 Å². The molecule has 0 radical (unpaired) electrons. The molecule has 0 bridgehead atoms. The lowest BCUT2D eigenvalue weighted by molar-refractivity contribution is -0.109. The van der Waals surface area contributed by atoms with Crippen molar-refractivity contribution in [2.45, 2.75) is 25.2 Å². The first-order chi connectivity index (χ1) is 6.79. The van der Waals surface area contributed by atoms with E-state index in [4.69, 9.17) is 11.6 Å². The molecule has 0 N–H and O–H groups in total. The van der Waals surface area contributed by atoms with Gasteiger partial charge >= 0.3 is 0 Å². The molecule has 0 aromatic heterocycles. The van der Waals surface area contributed by atoms with Gasteiger partial charge in [-0.15, -0.1) is 0 Å². The van der Waals surface area contributed by atoms with Crippen LogP contribution in [0.3, 0.4) is 0 Å². The zero-order valence-electron chi connectivity index (χ0n) is 7.95. The molecule has 2 rings (SSSR count). The highest BCUT2D eigenvalue weighted by Gasteiger charge is 2.29. The van der Waals surface area contributed by atoms with Crippen molar-refractivity contribution in [2.24, 2.45) is 5.92 Å². The zero-order chi connectivity index (χ0) is 9.97. The molecule has 1 nitrogen and oxygen atoms in total. The maximum absolute atomic E-state index is 10.3. The first-order valence-corrected chi connectivity index (χ1v) is 5.36. The summed E-state index contributed by atoms with van der Waals surface area (Å²) in [5, 5.41) is 0.807. The highest BCUT2D eigenvalue weighted by Crippen LogP contribution is 2.43. The molecule has 1 saturated carbocycles. The summed E-state index contributed by atoms with van der Waals surface area (Å²) in [5.41, 5.74) is 1.32. The largest absolute Gasteiger partial charge is 0.303 e. The fourth-order valence-corrected chi connectivity index (χ4v) is 2.30. The monoisotopic (exact) mass is 208 g/mol. The van der Waals surface area contributed by atoms with Crippen LogP contribution in [-0.2, 0) is 4.79 Å². The van der Waals surface area contributed by atoms with Crippen LogP contribution < -0.4 is 0 Å². The molecule has 0 amide bonds. The second kappa shape index (κ2) is 4.14. The standard InChI is InChI=1S/C12H13ClO/c13-12-3-1-2-10(8-12)11-6-9(7-11)4-5-14/h1-3,5,8-9,11H,4,6-7H2. The van der Waals surface area contributed by atoms with E-state index in [1.54, 1.807) is 0 Å². The predicted octanol–water partition coefficient (Wildman–Crippen LogP) is 3.42. The lowest BCUT2D eigenvalue weighted by Gasteiger charge is -2.34. The molecule has 0 aliphatic heterocycles. The van der Waals surface area contributed by atoms with Gasteiger partial charge in [0.2, 0.25) is 0 Å². The van der Waals surface area contributed by atoms with Crippen molar-refractivity contribution in [3.8, 4) is 0 Å². The summed E-state index contributed by atoms with van der Waals surface area (Å²) < 4.78 is 0. The summed E-state index contributed by atoms with van der Waals surface area (Å²) in [7, 11) is 0. The van der Waals surface area contributed by atoms with Crippen LogP contribution in [0.25, 0.3) is 0 Å². The van der Waals surface area contributed by atoms with Crippen LogP contribution in [0.4, 0.5) is 0 Å². The SMILES string of the molecule is O=CCC1CC(c2cccc(Cl)c2)C1. The fourth-order valence-electron chi connectivity index (χ4n) is 2.10. The highest BCUT2D eigenvalue weighted by atomic mass is 35.5. The maximum Gasteiger partial charge on any atom is 0.120 e. The zero-order valence-corrected chi connectivity index (χ0v) is 8.70. The topological polar surface area (TPSA) is 17.1 Å². The molecule has 1 fully saturated rings. The van der Waals surface area contributed by atoms with Crippen molar-refractivity contribution in [3.63, 3.8) is 0 Å². The molecular formula is C12H13ClO. The second-order valence-corrected chi connectivity index (χ2v) is 4.43. The van der Waals surface area contributed by atoms with Crippen LogP contribution in [-0.4, -0.2) is 6.29 Å². The fraction of sp³-hybridized carbons (Fsp3) is 0.417. The van der Waals surface area contributed by atoms with Gasteiger partial charge in [0.05, 0.1) is 0 Å². The van der Waals surface area contributed by atoms with Gasteiger partial charge in [-0.3, -0.25) is 0 Å². The van der Waals surface area contributed by atoms with Gasteiger partial charge in [0.1, 0.15) is 6.29 Å². The third kappa shape index (κ3) is 1.98. The van der Waals surface area contributed by atoms with Gasteiger partial charge < -0.3 is 4.79 Å². The second-order valence-electron chi connectivity index (χ2n) is 3.99. The first kappa shape index (κ1) is 9.72. The van der Waals surface area contributed by atoms with Gasteiger partial charge in [0.25, 0.3) is 0 Å². The van der Waals surface area contributed by atoms with E-state index in [-0.39, 0.29) is 0 Å². The van der Waals surface area contributed by atoms with E-state index in [9.17, 15) is 4.79 Å². The van der Waals surface area contributed by atoms with Gasteiger partial charge in [-0.25, -0.2) is 0 Å². The van der Waals surface area contributed by atoms with Gasteiger partial charge in [0, 0.05) is 11.4 Å². The first-order valence-electron chi connectivity index (χ1n) is 4.98. The third-order valence-corrected chi connectivity index (χ3v) is 3.22. The van der Waals surface area contributed by atoms with E-state index in [2.05, 4.69) is 6.07 Å². The molecule has 0 saturated heterocycles. The summed E-state index contributed by atoms with van der Waals surface area (Å²) in [6, 6.07) is 8.04. The Balaban J connectivity index is 1.96. The molecular weight excluding hydrogens is 196 g/mol. The van der Waals surface area contributed by atoms with Crippen molar-refractivity contribution >= 4 is 17.9 Å². The minimum atomic E-state index is 0.608. The Bertz CT molecular complexity index is 329. The normalized spacial score (nSPS) is 25.5. The minimum absolute atomic E-state index is 0.608. The molecule has 0 heterocycles. The van der Waals surface area contributed by atoms with E-state index in [1.807, 2.05) is 18.2 Å². The van der Waals surface area contributed by atoms with Crippen LogP contribution in [0.1, 0.15) is 30.7 Å². The minimum Gasteiger partial charge on any atom is -0.303 e. The van der Waals surface area contributed by atoms with Gasteiger partial charge in [0.15, 0.2) is 0 Å². The molecule has 1 aliphatic rings. The van der Waals surface area contributed by atoms with Crippen LogP contribution in [0.15, 0.2) is 24.3 Å². The predicted molar refractivity (Wildman–Crippen MR) is 57.6 cm³/mol. The summed E-state index contributed by atoms with van der Waals surface area (Å²) in [6.07, 6.45) is 4.02. The van der Waals surface area contributed by atoms with Gasteiger partial charge in [-0.2, -0.15) is 0 Å². The molecule has 0 unspecified atom stereocenters. The number of halogens is 1. The molecule has 0 spiro atoms. The third-order valence-electron chi connectivity index (χ3n) is 2.99. The Hall–Kier alpha value is -0.820. The molecule has 14 heavy (non-hydrogen) atoms. The lowest BCUT2D eigenvalue weighted by Crippen LogP contribution is -2.22. The number of hydrogen-bond acceptors (Lipinski definition) is 1. The van der Waals surface area contributed by atoms with Crippen LogP contribution in [0, 0.1) is 5.92 Å². The van der Waals surface area contributed by atoms with Crippen molar-refractivity contribution in [2.75, 3.05) is 0 Å². The van der Waals surface area contributed by atoms with Crippen LogP contribution >= 0.6 is 11.6 Å². The quantitative estimate of drug-likeness (QED) is 0.696. The number of carbonyl (C=O) groups is 1. The average Bonchev–Trinajstić information content (AvgIpc) is 2.10. The summed E-state index contributed by atoms with van der Waals surface area (Å²) in [6.45, 7) is 0. The van der Waals surface area contributed by atoms with Crippen LogP contribution in [0.5, 0.6) is 0 Å². The lowest BCUT2D eigenvalue weighted by atomic mass is 9.70. The van der Waals surface area contributed by atoms with Crippen molar-refractivity contribution < 1.29 is 4.79 Å². The van der Waals surface area contributed by atoms with E-state index in [0.717, 1.165) is 30.6 Å². The number of carbonyl (C=O) groups excluding carboxylic acids is 1. The van der Waals surface area contributed by atoms with Crippen molar-refractivity contribution in [1.29, 1.82) is 0 Å². The van der Waals surface area contributed by atoms with Crippen molar-refractivity contribution in [3.05, 3.63) is 34.9 Å². The van der Waals surface area contributed by atoms with Crippen LogP contribution in [0.2, 0.25) is 5.02 Å². The Kier molecular flexibility index (Phi) is 2.87. The van der Waals surface area contributed by atoms with E-state index in [0.29, 0.717) is 11.8 Å². The smallest absolute Gasteiger partial charge is 0.120 e. The Labute approximate surface area is 89.1 Å². The summed E-state index contributed by atoms with van der Waals surface area (Å²) in [4.78, 5) is 10.3. The number of hydrogen-bond donors (Lipinski definition) is 0. The van der Waals surface area contributed by atoms with Gasteiger partial charge in [-0.05, 0) is 42.4 Å². The molecule has 1 aliphatic carbocycles.